The van der Waals surface area contributed by atoms with Gasteiger partial charge in [0, 0.05) is 36.8 Å². The predicted molar refractivity (Wildman–Crippen MR) is 118 cm³/mol. The van der Waals surface area contributed by atoms with Crippen molar-refractivity contribution in [3.8, 4) is 0 Å². The fourth-order valence-electron chi connectivity index (χ4n) is 4.26. The van der Waals surface area contributed by atoms with Crippen LogP contribution >= 0.6 is 23.2 Å². The van der Waals surface area contributed by atoms with E-state index in [9.17, 15) is 9.90 Å². The van der Waals surface area contributed by atoms with Crippen molar-refractivity contribution in [2.45, 2.75) is 37.8 Å². The molecule has 9 heteroatoms. The van der Waals surface area contributed by atoms with Gasteiger partial charge in [-0.2, -0.15) is 0 Å². The molecule has 1 aromatic carbocycles. The summed E-state index contributed by atoms with van der Waals surface area (Å²) in [6, 6.07) is 5.88. The van der Waals surface area contributed by atoms with E-state index in [0.29, 0.717) is 28.7 Å². The van der Waals surface area contributed by atoms with Crippen LogP contribution in [-0.2, 0) is 9.53 Å². The van der Waals surface area contributed by atoms with Crippen LogP contribution in [0.1, 0.15) is 25.7 Å². The molecule has 0 bridgehead atoms. The topological polar surface area (TPSA) is 86.1 Å². The molecule has 2 fully saturated rings. The summed E-state index contributed by atoms with van der Waals surface area (Å²) in [5.41, 5.74) is 1.64. The second-order valence-corrected chi connectivity index (χ2v) is 8.64. The number of halogens is 2. The number of fused-ring (bicyclic) bond motifs is 1. The van der Waals surface area contributed by atoms with E-state index in [1.54, 1.807) is 6.07 Å². The number of nitrogens with zero attached hydrogens (tertiary/aromatic N) is 3. The molecule has 0 saturated carbocycles. The summed E-state index contributed by atoms with van der Waals surface area (Å²) in [5, 5.41) is 20.6. The number of carboxylic acids is 1. The highest BCUT2D eigenvalue weighted by Crippen LogP contribution is 2.39. The number of aromatic nitrogens is 1. The molecule has 2 aromatic rings. The highest BCUT2D eigenvalue weighted by Gasteiger charge is 2.29. The van der Waals surface area contributed by atoms with Gasteiger partial charge in [0.1, 0.15) is 5.82 Å². The van der Waals surface area contributed by atoms with Gasteiger partial charge in [0.2, 0.25) is 0 Å². The fraction of sp³-hybridized carbons (Fsp3) is 0.524. The Bertz CT molecular complexity index is 942. The Morgan fingerprint density at radius 1 is 1.27 bits per heavy atom. The number of β-amino-alcohol motifs (C(OH)–C–C–N with tert-alkyl or cyclic N) is 1. The molecule has 0 spiro atoms. The van der Waals surface area contributed by atoms with Crippen LogP contribution in [0, 0.1) is 0 Å². The maximum Gasteiger partial charge on any atom is 0.305 e. The van der Waals surface area contributed by atoms with Gasteiger partial charge in [-0.05, 0) is 31.4 Å². The molecule has 4 rings (SSSR count). The minimum absolute atomic E-state index is 0.00349. The SMILES string of the molecule is O=C(O)CCOCC1CCCN1c1cc(N2CC[C@@H](O)C2)c2ccc(Cl)c(Cl)c2n1. The van der Waals surface area contributed by atoms with Crippen LogP contribution in [0.25, 0.3) is 10.9 Å². The molecular formula is C21H25Cl2N3O4. The molecule has 0 amide bonds. The number of ether oxygens (including phenoxy) is 1. The average molecular weight is 454 g/mol. The fourth-order valence-corrected chi connectivity index (χ4v) is 4.62. The number of anilines is 2. The van der Waals surface area contributed by atoms with Crippen molar-refractivity contribution in [2.75, 3.05) is 42.6 Å². The first kappa shape index (κ1) is 21.4. The minimum atomic E-state index is -0.863. The van der Waals surface area contributed by atoms with E-state index in [1.807, 2.05) is 6.07 Å². The Kier molecular flexibility index (Phi) is 6.53. The number of pyridine rings is 1. The lowest BCUT2D eigenvalue weighted by Crippen LogP contribution is -2.34. The first-order valence-electron chi connectivity index (χ1n) is 10.2. The van der Waals surface area contributed by atoms with Gasteiger partial charge < -0.3 is 24.7 Å². The van der Waals surface area contributed by atoms with Crippen LogP contribution < -0.4 is 9.80 Å². The first-order valence-corrected chi connectivity index (χ1v) is 11.0. The number of carboxylic acid groups (broad SMARTS) is 1. The molecule has 7 nitrogen and oxygen atoms in total. The van der Waals surface area contributed by atoms with Gasteiger partial charge in [-0.15, -0.1) is 0 Å². The average Bonchev–Trinajstić information content (AvgIpc) is 3.36. The van der Waals surface area contributed by atoms with E-state index in [-0.39, 0.29) is 25.2 Å². The van der Waals surface area contributed by atoms with Gasteiger partial charge in [-0.3, -0.25) is 4.79 Å². The van der Waals surface area contributed by atoms with Crippen LogP contribution in [0.5, 0.6) is 0 Å². The van der Waals surface area contributed by atoms with Crippen LogP contribution in [-0.4, -0.2) is 66.2 Å². The number of aliphatic hydroxyl groups excluding tert-OH is 1. The zero-order valence-corrected chi connectivity index (χ0v) is 18.1. The maximum absolute atomic E-state index is 10.7. The van der Waals surface area contributed by atoms with Crippen LogP contribution in [0.2, 0.25) is 10.0 Å². The molecule has 30 heavy (non-hydrogen) atoms. The Morgan fingerprint density at radius 2 is 2.10 bits per heavy atom. The molecule has 2 N–H and O–H groups in total. The van der Waals surface area contributed by atoms with Crippen LogP contribution in [0.4, 0.5) is 11.5 Å². The molecule has 0 aliphatic carbocycles. The third kappa shape index (κ3) is 4.44. The Morgan fingerprint density at radius 3 is 2.83 bits per heavy atom. The van der Waals surface area contributed by atoms with Gasteiger partial charge in [0.15, 0.2) is 0 Å². The van der Waals surface area contributed by atoms with Gasteiger partial charge in [-0.25, -0.2) is 4.98 Å². The van der Waals surface area contributed by atoms with Crippen molar-refractivity contribution in [3.63, 3.8) is 0 Å². The summed E-state index contributed by atoms with van der Waals surface area (Å²) in [4.78, 5) is 19.9. The Balaban J connectivity index is 1.66. The lowest BCUT2D eigenvalue weighted by Gasteiger charge is -2.28. The molecule has 2 saturated heterocycles. The van der Waals surface area contributed by atoms with Gasteiger partial charge in [-0.1, -0.05) is 23.2 Å². The highest BCUT2D eigenvalue weighted by molar-refractivity contribution is 6.45. The lowest BCUT2D eigenvalue weighted by molar-refractivity contribution is -0.138. The monoisotopic (exact) mass is 453 g/mol. The molecule has 3 heterocycles. The van der Waals surface area contributed by atoms with Crippen molar-refractivity contribution in [2.24, 2.45) is 0 Å². The summed E-state index contributed by atoms with van der Waals surface area (Å²) < 4.78 is 5.61. The summed E-state index contributed by atoms with van der Waals surface area (Å²) in [5.74, 6) is -0.0640. The van der Waals surface area contributed by atoms with E-state index < -0.39 is 5.97 Å². The highest BCUT2D eigenvalue weighted by atomic mass is 35.5. The van der Waals surface area contributed by atoms with E-state index >= 15 is 0 Å². The van der Waals surface area contributed by atoms with Gasteiger partial charge >= 0.3 is 5.97 Å². The number of rotatable bonds is 7. The van der Waals surface area contributed by atoms with Crippen molar-refractivity contribution >= 4 is 51.6 Å². The normalized spacial score (nSPS) is 21.7. The third-order valence-electron chi connectivity index (χ3n) is 5.78. The smallest absolute Gasteiger partial charge is 0.305 e. The molecule has 2 aliphatic rings. The number of carbonyl (C=O) groups is 1. The lowest BCUT2D eigenvalue weighted by atomic mass is 10.1. The summed E-state index contributed by atoms with van der Waals surface area (Å²) in [6.07, 6.45) is 2.34. The van der Waals surface area contributed by atoms with Crippen molar-refractivity contribution < 1.29 is 19.7 Å². The quantitative estimate of drug-likeness (QED) is 0.619. The zero-order valence-electron chi connectivity index (χ0n) is 16.6. The first-order chi connectivity index (χ1) is 14.4. The zero-order chi connectivity index (χ0) is 21.3. The Hall–Kier alpha value is -1.80. The molecule has 0 radical (unpaired) electrons. The van der Waals surface area contributed by atoms with Gasteiger partial charge in [0.05, 0.1) is 47.3 Å². The van der Waals surface area contributed by atoms with Crippen molar-refractivity contribution in [1.29, 1.82) is 0 Å². The van der Waals surface area contributed by atoms with Crippen molar-refractivity contribution in [1.82, 2.24) is 4.98 Å². The second kappa shape index (κ2) is 9.14. The number of benzene rings is 1. The largest absolute Gasteiger partial charge is 0.481 e. The molecule has 2 aliphatic heterocycles. The van der Waals surface area contributed by atoms with Crippen LogP contribution in [0.15, 0.2) is 18.2 Å². The summed E-state index contributed by atoms with van der Waals surface area (Å²) in [6.45, 7) is 2.82. The van der Waals surface area contributed by atoms with E-state index in [0.717, 1.165) is 49.2 Å². The minimum Gasteiger partial charge on any atom is -0.481 e. The van der Waals surface area contributed by atoms with Crippen LogP contribution in [0.3, 0.4) is 0 Å². The molecule has 2 atom stereocenters. The number of hydrogen-bond donors (Lipinski definition) is 2. The van der Waals surface area contributed by atoms with E-state index in [2.05, 4.69) is 15.9 Å². The van der Waals surface area contributed by atoms with E-state index in [1.165, 1.54) is 0 Å². The molecule has 1 unspecified atom stereocenters. The number of aliphatic hydroxyl groups is 1. The molecule has 1 aromatic heterocycles. The van der Waals surface area contributed by atoms with E-state index in [4.69, 9.17) is 38.0 Å². The molecular weight excluding hydrogens is 429 g/mol. The summed E-state index contributed by atoms with van der Waals surface area (Å²) in [7, 11) is 0. The standard InChI is InChI=1S/C21H25Cl2N3O4/c22-16-4-3-15-17(25-8-5-14(27)11-25)10-18(24-21(15)20(16)23)26-7-1-2-13(26)12-30-9-6-19(28)29/h3-4,10,13-14,27H,1-2,5-9,11-12H2,(H,28,29)/t13?,14-/m1/s1. The number of aliphatic carboxylic acids is 1. The summed E-state index contributed by atoms with van der Waals surface area (Å²) >= 11 is 12.8. The molecule has 162 valence electrons. The van der Waals surface area contributed by atoms with Gasteiger partial charge in [0.25, 0.3) is 0 Å². The maximum atomic E-state index is 10.7. The van der Waals surface area contributed by atoms with Crippen molar-refractivity contribution in [3.05, 3.63) is 28.2 Å². The Labute approximate surface area is 185 Å². The predicted octanol–water partition coefficient (Wildman–Crippen LogP) is 3.57. The third-order valence-corrected chi connectivity index (χ3v) is 6.58. The number of hydrogen-bond acceptors (Lipinski definition) is 6. The second-order valence-electron chi connectivity index (χ2n) is 7.85.